The van der Waals surface area contributed by atoms with Crippen LogP contribution >= 0.6 is 0 Å². The van der Waals surface area contributed by atoms with Crippen molar-refractivity contribution in [1.29, 1.82) is 0 Å². The number of piperazine rings is 1. The highest BCUT2D eigenvalue weighted by molar-refractivity contribution is 7.89. The van der Waals surface area contributed by atoms with E-state index in [1.165, 1.54) is 11.3 Å². The van der Waals surface area contributed by atoms with Gasteiger partial charge < -0.3 is 9.80 Å². The molecule has 0 aromatic heterocycles. The van der Waals surface area contributed by atoms with Crippen LogP contribution in [-0.4, -0.2) is 57.7 Å². The molecule has 1 N–H and O–H groups in total. The summed E-state index contributed by atoms with van der Waals surface area (Å²) in [6.07, 6.45) is 0. The van der Waals surface area contributed by atoms with Gasteiger partial charge in [0.05, 0.1) is 12.3 Å². The van der Waals surface area contributed by atoms with Crippen molar-refractivity contribution < 1.29 is 13.2 Å². The third-order valence-corrected chi connectivity index (χ3v) is 5.17. The molecule has 1 fully saturated rings. The molecular weight excluding hydrogens is 302 g/mol. The maximum absolute atomic E-state index is 12.0. The minimum Gasteiger partial charge on any atom is -0.368 e. The van der Waals surface area contributed by atoms with Crippen LogP contribution < -0.4 is 9.62 Å². The van der Waals surface area contributed by atoms with E-state index < -0.39 is 10.0 Å². The first kappa shape index (κ1) is 16.8. The van der Waals surface area contributed by atoms with E-state index in [1.807, 2.05) is 6.07 Å². The molecule has 2 rings (SSSR count). The molecule has 1 heterocycles. The molecule has 1 amide bonds. The summed E-state index contributed by atoms with van der Waals surface area (Å²) in [6.45, 7) is 6.20. The summed E-state index contributed by atoms with van der Waals surface area (Å²) in [4.78, 5) is 16.0. The standard InChI is InChI=1S/C15H23N3O3S/c1-3-22(20,21)16-12-15(19)18-9-7-17(8-10-18)14-6-4-5-13(2)11-14/h4-6,11,16H,3,7-10,12H2,1-2H3. The maximum atomic E-state index is 12.0. The van der Waals surface area contributed by atoms with Crippen molar-refractivity contribution in [3.05, 3.63) is 29.8 Å². The summed E-state index contributed by atoms with van der Waals surface area (Å²) in [7, 11) is -3.32. The minimum atomic E-state index is -3.32. The molecule has 0 unspecified atom stereocenters. The van der Waals surface area contributed by atoms with Gasteiger partial charge in [0.15, 0.2) is 0 Å². The molecular formula is C15H23N3O3S. The van der Waals surface area contributed by atoms with E-state index >= 15 is 0 Å². The molecule has 7 heteroatoms. The summed E-state index contributed by atoms with van der Waals surface area (Å²) < 4.78 is 25.1. The quantitative estimate of drug-likeness (QED) is 0.860. The SMILES string of the molecule is CCS(=O)(=O)NCC(=O)N1CCN(c2cccc(C)c2)CC1. The van der Waals surface area contributed by atoms with E-state index in [1.54, 1.807) is 11.8 Å². The Hall–Kier alpha value is -1.60. The molecule has 0 aliphatic carbocycles. The number of amides is 1. The second kappa shape index (κ2) is 7.11. The Morgan fingerprint density at radius 3 is 2.50 bits per heavy atom. The summed E-state index contributed by atoms with van der Waals surface area (Å²) in [6, 6.07) is 8.29. The number of anilines is 1. The van der Waals surface area contributed by atoms with Crippen molar-refractivity contribution in [2.45, 2.75) is 13.8 Å². The molecule has 22 heavy (non-hydrogen) atoms. The van der Waals surface area contributed by atoms with Crippen molar-refractivity contribution in [3.63, 3.8) is 0 Å². The average Bonchev–Trinajstić information content (AvgIpc) is 2.53. The number of aryl methyl sites for hydroxylation is 1. The van der Waals surface area contributed by atoms with Crippen LogP contribution in [-0.2, 0) is 14.8 Å². The number of benzene rings is 1. The van der Waals surface area contributed by atoms with E-state index in [-0.39, 0.29) is 18.2 Å². The van der Waals surface area contributed by atoms with Crippen LogP contribution in [0.25, 0.3) is 0 Å². The van der Waals surface area contributed by atoms with Gasteiger partial charge in [-0.2, -0.15) is 0 Å². The topological polar surface area (TPSA) is 69.7 Å². The fourth-order valence-corrected chi connectivity index (χ4v) is 2.97. The van der Waals surface area contributed by atoms with Gasteiger partial charge in [0, 0.05) is 31.9 Å². The first-order valence-electron chi connectivity index (χ1n) is 7.48. The van der Waals surface area contributed by atoms with Crippen LogP contribution in [0.3, 0.4) is 0 Å². The minimum absolute atomic E-state index is 0.0125. The van der Waals surface area contributed by atoms with Crippen LogP contribution in [0.15, 0.2) is 24.3 Å². The van der Waals surface area contributed by atoms with Gasteiger partial charge in [-0.25, -0.2) is 13.1 Å². The molecule has 0 atom stereocenters. The first-order chi connectivity index (χ1) is 10.4. The third kappa shape index (κ3) is 4.45. The van der Waals surface area contributed by atoms with Crippen molar-refractivity contribution in [1.82, 2.24) is 9.62 Å². The summed E-state index contributed by atoms with van der Waals surface area (Å²) in [5, 5.41) is 0. The zero-order chi connectivity index (χ0) is 16.2. The Morgan fingerprint density at radius 2 is 1.91 bits per heavy atom. The molecule has 0 bridgehead atoms. The first-order valence-corrected chi connectivity index (χ1v) is 9.13. The lowest BCUT2D eigenvalue weighted by atomic mass is 10.2. The van der Waals surface area contributed by atoms with Crippen molar-refractivity contribution in [2.75, 3.05) is 43.4 Å². The van der Waals surface area contributed by atoms with E-state index in [2.05, 4.69) is 34.7 Å². The highest BCUT2D eigenvalue weighted by atomic mass is 32.2. The lowest BCUT2D eigenvalue weighted by molar-refractivity contribution is -0.130. The van der Waals surface area contributed by atoms with E-state index in [0.717, 1.165) is 13.1 Å². The summed E-state index contributed by atoms with van der Waals surface area (Å²) in [5.74, 6) is -0.178. The van der Waals surface area contributed by atoms with Gasteiger partial charge in [0.25, 0.3) is 0 Å². The zero-order valence-electron chi connectivity index (χ0n) is 13.1. The molecule has 0 spiro atoms. The number of nitrogens with zero attached hydrogens (tertiary/aromatic N) is 2. The Kier molecular flexibility index (Phi) is 5.42. The van der Waals surface area contributed by atoms with Crippen molar-refractivity contribution in [3.8, 4) is 0 Å². The average molecular weight is 325 g/mol. The predicted octanol–water partition coefficient (Wildman–Crippen LogP) is 0.583. The highest BCUT2D eigenvalue weighted by Gasteiger charge is 2.22. The van der Waals surface area contributed by atoms with Gasteiger partial charge in [-0.3, -0.25) is 4.79 Å². The van der Waals surface area contributed by atoms with E-state index in [4.69, 9.17) is 0 Å². The van der Waals surface area contributed by atoms with Gasteiger partial charge in [-0.15, -0.1) is 0 Å². The highest BCUT2D eigenvalue weighted by Crippen LogP contribution is 2.17. The van der Waals surface area contributed by atoms with Gasteiger partial charge in [-0.05, 0) is 31.5 Å². The number of sulfonamides is 1. The molecule has 1 aromatic rings. The predicted molar refractivity (Wildman–Crippen MR) is 87.4 cm³/mol. The van der Waals surface area contributed by atoms with Crippen LogP contribution in [0, 0.1) is 6.92 Å². The largest absolute Gasteiger partial charge is 0.368 e. The summed E-state index contributed by atoms with van der Waals surface area (Å²) in [5.41, 5.74) is 2.38. The number of hydrogen-bond donors (Lipinski definition) is 1. The third-order valence-electron chi connectivity index (χ3n) is 3.82. The van der Waals surface area contributed by atoms with Gasteiger partial charge >= 0.3 is 0 Å². The van der Waals surface area contributed by atoms with Crippen molar-refractivity contribution >= 4 is 21.6 Å². The lowest BCUT2D eigenvalue weighted by Crippen LogP contribution is -2.51. The fraction of sp³-hybridized carbons (Fsp3) is 0.533. The van der Waals surface area contributed by atoms with E-state index in [9.17, 15) is 13.2 Å². The van der Waals surface area contributed by atoms with Gasteiger partial charge in [0.1, 0.15) is 0 Å². The second-order valence-electron chi connectivity index (χ2n) is 5.43. The number of carbonyl (C=O) groups excluding carboxylic acids is 1. The van der Waals surface area contributed by atoms with Crippen LogP contribution in [0.1, 0.15) is 12.5 Å². The normalized spacial score (nSPS) is 15.9. The van der Waals surface area contributed by atoms with Crippen LogP contribution in [0.2, 0.25) is 0 Å². The zero-order valence-corrected chi connectivity index (χ0v) is 13.9. The molecule has 0 saturated carbocycles. The Morgan fingerprint density at radius 1 is 1.23 bits per heavy atom. The Bertz CT molecular complexity index is 623. The van der Waals surface area contributed by atoms with Crippen molar-refractivity contribution in [2.24, 2.45) is 0 Å². The molecule has 1 saturated heterocycles. The number of rotatable bonds is 5. The molecule has 0 radical (unpaired) electrons. The number of nitrogens with one attached hydrogen (secondary N) is 1. The van der Waals surface area contributed by atoms with Crippen LogP contribution in [0.5, 0.6) is 0 Å². The molecule has 1 aromatic carbocycles. The lowest BCUT2D eigenvalue weighted by Gasteiger charge is -2.36. The fourth-order valence-electron chi connectivity index (χ4n) is 2.42. The van der Waals surface area contributed by atoms with Gasteiger partial charge in [0.2, 0.25) is 15.9 Å². The molecule has 1 aliphatic rings. The van der Waals surface area contributed by atoms with E-state index in [0.29, 0.717) is 13.1 Å². The van der Waals surface area contributed by atoms with Crippen LogP contribution in [0.4, 0.5) is 5.69 Å². The number of carbonyl (C=O) groups is 1. The number of hydrogen-bond acceptors (Lipinski definition) is 4. The molecule has 122 valence electrons. The Balaban J connectivity index is 1.85. The second-order valence-corrected chi connectivity index (χ2v) is 7.53. The summed E-state index contributed by atoms with van der Waals surface area (Å²) >= 11 is 0. The maximum Gasteiger partial charge on any atom is 0.237 e. The smallest absolute Gasteiger partial charge is 0.237 e. The monoisotopic (exact) mass is 325 g/mol. The molecule has 1 aliphatic heterocycles. The molecule has 6 nitrogen and oxygen atoms in total. The Labute approximate surface area is 132 Å². The van der Waals surface area contributed by atoms with Gasteiger partial charge in [-0.1, -0.05) is 12.1 Å².